The zero-order valence-corrected chi connectivity index (χ0v) is 11.6. The van der Waals surface area contributed by atoms with Gasteiger partial charge in [-0.05, 0) is 27.6 Å². The van der Waals surface area contributed by atoms with Crippen LogP contribution < -0.4 is 0 Å². The van der Waals surface area contributed by atoms with Gasteiger partial charge in [-0.2, -0.15) is 0 Å². The summed E-state index contributed by atoms with van der Waals surface area (Å²) in [6, 6.07) is 11.8. The van der Waals surface area contributed by atoms with Crippen LogP contribution in [0.2, 0.25) is 0 Å². The van der Waals surface area contributed by atoms with Crippen molar-refractivity contribution in [2.24, 2.45) is 0 Å². The quantitative estimate of drug-likeness (QED) is 0.723. The number of hydrogen-bond donors (Lipinski definition) is 1. The monoisotopic (exact) mass is 321 g/mol. The van der Waals surface area contributed by atoms with Crippen molar-refractivity contribution in [2.75, 3.05) is 0 Å². The van der Waals surface area contributed by atoms with Crippen LogP contribution in [0.3, 0.4) is 0 Å². The van der Waals surface area contributed by atoms with Gasteiger partial charge in [-0.25, -0.2) is 9.97 Å². The van der Waals surface area contributed by atoms with E-state index in [0.29, 0.717) is 11.5 Å². The normalized spacial score (nSPS) is 12.8. The number of nitrogens with zero attached hydrogens (tertiary/aromatic N) is 2. The van der Waals surface area contributed by atoms with Crippen LogP contribution in [0, 0.1) is 0 Å². The molecule has 0 radical (unpaired) electrons. The lowest BCUT2D eigenvalue weighted by atomic mass is 10.1. The maximum atomic E-state index is 6.41. The average molecular weight is 323 g/mol. The Morgan fingerprint density at radius 3 is 2.78 bits per heavy atom. The van der Waals surface area contributed by atoms with E-state index in [1.54, 1.807) is 6.20 Å². The van der Waals surface area contributed by atoms with Gasteiger partial charge in [0.1, 0.15) is 11.2 Å². The van der Waals surface area contributed by atoms with Gasteiger partial charge in [0.15, 0.2) is 5.65 Å². The fourth-order valence-electron chi connectivity index (χ4n) is 1.79. The van der Waals surface area contributed by atoms with Crippen LogP contribution in [-0.4, -0.2) is 15.0 Å². The molecule has 0 saturated carbocycles. The Labute approximate surface area is 117 Å². The number of rotatable bonds is 2. The predicted molar refractivity (Wildman–Crippen MR) is 75.7 cm³/mol. The van der Waals surface area contributed by atoms with Crippen molar-refractivity contribution < 1.29 is 0 Å². The first-order chi connectivity index (χ1) is 8.74. The summed E-state index contributed by atoms with van der Waals surface area (Å²) in [6.07, 6.45) is 1.72. The first-order valence-corrected chi connectivity index (χ1v) is 6.67. The highest BCUT2D eigenvalue weighted by Crippen LogP contribution is 2.28. The van der Waals surface area contributed by atoms with Gasteiger partial charge in [0.2, 0.25) is 0 Å². The van der Waals surface area contributed by atoms with Crippen molar-refractivity contribution in [1.29, 1.82) is 0 Å². The minimum atomic E-state index is -0.292. The van der Waals surface area contributed by atoms with Gasteiger partial charge < -0.3 is 4.98 Å². The van der Waals surface area contributed by atoms with Gasteiger partial charge in [-0.3, -0.25) is 0 Å². The van der Waals surface area contributed by atoms with E-state index in [-0.39, 0.29) is 5.38 Å². The molecule has 1 N–H and O–H groups in total. The number of halogens is 2. The fourth-order valence-corrected chi connectivity index (χ4v) is 2.37. The molecule has 1 atom stereocenters. The van der Waals surface area contributed by atoms with Crippen LogP contribution in [0.25, 0.3) is 11.2 Å². The molecule has 0 spiro atoms. The molecule has 1 unspecified atom stereocenters. The molecule has 2 aromatic heterocycles. The molecule has 3 nitrogen and oxygen atoms in total. The highest BCUT2D eigenvalue weighted by atomic mass is 79.9. The summed E-state index contributed by atoms with van der Waals surface area (Å²) in [5, 5.41) is -0.292. The Kier molecular flexibility index (Phi) is 3.06. The zero-order chi connectivity index (χ0) is 12.5. The molecule has 0 aliphatic rings. The summed E-state index contributed by atoms with van der Waals surface area (Å²) in [5.41, 5.74) is 2.56. The molecule has 5 heteroatoms. The number of benzene rings is 1. The van der Waals surface area contributed by atoms with Crippen LogP contribution >= 0.6 is 27.5 Å². The van der Waals surface area contributed by atoms with Gasteiger partial charge in [-0.1, -0.05) is 30.3 Å². The van der Waals surface area contributed by atoms with Gasteiger partial charge in [-0.15, -0.1) is 11.6 Å². The Morgan fingerprint density at radius 2 is 2.00 bits per heavy atom. The minimum absolute atomic E-state index is 0.292. The second kappa shape index (κ2) is 4.71. The molecular formula is C13H9BrClN3. The number of aromatic nitrogens is 3. The Bertz CT molecular complexity index is 681. The number of nitrogens with one attached hydrogen (secondary N) is 1. The largest absolute Gasteiger partial charge is 0.339 e. The van der Waals surface area contributed by atoms with E-state index in [4.69, 9.17) is 11.6 Å². The number of hydrogen-bond acceptors (Lipinski definition) is 2. The Balaban J connectivity index is 2.04. The van der Waals surface area contributed by atoms with Gasteiger partial charge >= 0.3 is 0 Å². The molecule has 0 aliphatic carbocycles. The van der Waals surface area contributed by atoms with Crippen molar-refractivity contribution >= 4 is 38.7 Å². The molecule has 1 aromatic carbocycles. The molecule has 3 aromatic rings. The third-order valence-electron chi connectivity index (χ3n) is 2.65. The SMILES string of the molecule is ClC(c1ccccc1)c1nc2ncc(Br)cc2[nH]1. The van der Waals surface area contributed by atoms with Crippen molar-refractivity contribution in [3.63, 3.8) is 0 Å². The molecule has 2 heterocycles. The lowest BCUT2D eigenvalue weighted by molar-refractivity contribution is 1.00. The van der Waals surface area contributed by atoms with Crippen molar-refractivity contribution in [1.82, 2.24) is 15.0 Å². The molecule has 0 aliphatic heterocycles. The summed E-state index contributed by atoms with van der Waals surface area (Å²) in [4.78, 5) is 11.8. The van der Waals surface area contributed by atoms with Crippen LogP contribution in [0.15, 0.2) is 47.1 Å². The summed E-state index contributed by atoms with van der Waals surface area (Å²) in [5.74, 6) is 0.712. The van der Waals surface area contributed by atoms with E-state index in [2.05, 4.69) is 30.9 Å². The lowest BCUT2D eigenvalue weighted by Crippen LogP contribution is -1.95. The number of alkyl halides is 1. The third kappa shape index (κ3) is 2.13. The number of H-pyrrole nitrogens is 1. The fraction of sp³-hybridized carbons (Fsp3) is 0.0769. The number of imidazole rings is 1. The topological polar surface area (TPSA) is 41.6 Å². The zero-order valence-electron chi connectivity index (χ0n) is 9.27. The van der Waals surface area contributed by atoms with E-state index in [0.717, 1.165) is 15.6 Å². The summed E-state index contributed by atoms with van der Waals surface area (Å²) in [7, 11) is 0. The van der Waals surface area contributed by atoms with Crippen LogP contribution in [0.5, 0.6) is 0 Å². The Morgan fingerprint density at radius 1 is 1.22 bits per heavy atom. The maximum Gasteiger partial charge on any atom is 0.177 e. The molecule has 0 saturated heterocycles. The number of fused-ring (bicyclic) bond motifs is 1. The molecule has 0 amide bonds. The maximum absolute atomic E-state index is 6.41. The van der Waals surface area contributed by atoms with Gasteiger partial charge in [0.05, 0.1) is 5.52 Å². The van der Waals surface area contributed by atoms with E-state index < -0.39 is 0 Å². The second-order valence-electron chi connectivity index (χ2n) is 3.92. The summed E-state index contributed by atoms with van der Waals surface area (Å²) >= 11 is 9.79. The highest BCUT2D eigenvalue weighted by molar-refractivity contribution is 9.10. The van der Waals surface area contributed by atoms with E-state index in [1.165, 1.54) is 0 Å². The lowest BCUT2D eigenvalue weighted by Gasteiger charge is -2.05. The van der Waals surface area contributed by atoms with E-state index in [1.807, 2.05) is 36.4 Å². The molecule has 0 bridgehead atoms. The highest BCUT2D eigenvalue weighted by Gasteiger charge is 2.15. The average Bonchev–Trinajstić information content (AvgIpc) is 2.81. The molecule has 90 valence electrons. The molecule has 3 rings (SSSR count). The first kappa shape index (κ1) is 11.7. The second-order valence-corrected chi connectivity index (χ2v) is 5.27. The third-order valence-corrected chi connectivity index (χ3v) is 3.55. The molecular weight excluding hydrogens is 314 g/mol. The van der Waals surface area contributed by atoms with Crippen molar-refractivity contribution in [2.45, 2.75) is 5.38 Å². The van der Waals surface area contributed by atoms with Crippen molar-refractivity contribution in [3.8, 4) is 0 Å². The standard InChI is InChI=1S/C13H9BrClN3/c14-9-6-10-12(16-7-9)18-13(17-10)11(15)8-4-2-1-3-5-8/h1-7,11H,(H,16,17,18). The van der Waals surface area contributed by atoms with Crippen LogP contribution in [-0.2, 0) is 0 Å². The minimum Gasteiger partial charge on any atom is -0.339 e. The smallest absolute Gasteiger partial charge is 0.177 e. The van der Waals surface area contributed by atoms with Gasteiger partial charge in [0.25, 0.3) is 0 Å². The van der Waals surface area contributed by atoms with Crippen molar-refractivity contribution in [3.05, 3.63) is 58.5 Å². The van der Waals surface area contributed by atoms with E-state index in [9.17, 15) is 0 Å². The van der Waals surface area contributed by atoms with Crippen LogP contribution in [0.4, 0.5) is 0 Å². The summed E-state index contributed by atoms with van der Waals surface area (Å²) in [6.45, 7) is 0. The predicted octanol–water partition coefficient (Wildman–Crippen LogP) is 4.05. The van der Waals surface area contributed by atoms with Gasteiger partial charge in [0, 0.05) is 10.7 Å². The summed E-state index contributed by atoms with van der Waals surface area (Å²) < 4.78 is 0.913. The van der Waals surface area contributed by atoms with E-state index >= 15 is 0 Å². The number of aromatic amines is 1. The molecule has 18 heavy (non-hydrogen) atoms. The Hall–Kier alpha value is -1.39. The van der Waals surface area contributed by atoms with Crippen LogP contribution in [0.1, 0.15) is 16.8 Å². The molecule has 0 fully saturated rings. The number of pyridine rings is 1. The first-order valence-electron chi connectivity index (χ1n) is 5.44.